The standard InChI is InChI=1S/C16H14N4O8/c1-9(21)8-17-16(22)10-2-4-12(14(6-10)19(25)26)13-5-3-11(18(23)24)7-15(13)20(27)28/h2-7,9,21H,8H2,1H3,(H,17,22)/t9-/m0/s1. The van der Waals surface area contributed by atoms with Gasteiger partial charge in [0.15, 0.2) is 0 Å². The number of nitro groups is 3. The van der Waals surface area contributed by atoms with Crippen LogP contribution >= 0.6 is 0 Å². The van der Waals surface area contributed by atoms with Gasteiger partial charge in [-0.3, -0.25) is 35.1 Å². The summed E-state index contributed by atoms with van der Waals surface area (Å²) in [5.41, 5.74) is -2.24. The summed E-state index contributed by atoms with van der Waals surface area (Å²) in [5, 5.41) is 45.2. The molecule has 0 saturated carbocycles. The number of aliphatic hydroxyl groups is 1. The van der Waals surface area contributed by atoms with E-state index in [0.29, 0.717) is 6.07 Å². The molecule has 0 aromatic heterocycles. The van der Waals surface area contributed by atoms with Crippen LogP contribution < -0.4 is 5.32 Å². The maximum atomic E-state index is 12.0. The molecule has 12 nitrogen and oxygen atoms in total. The number of hydrogen-bond acceptors (Lipinski definition) is 8. The number of nitrogens with zero attached hydrogens (tertiary/aromatic N) is 3. The number of benzene rings is 2. The zero-order chi connectivity index (χ0) is 21.0. The highest BCUT2D eigenvalue weighted by atomic mass is 16.6. The van der Waals surface area contributed by atoms with Crippen LogP contribution in [0.4, 0.5) is 17.1 Å². The van der Waals surface area contributed by atoms with Gasteiger partial charge in [0.1, 0.15) is 0 Å². The highest BCUT2D eigenvalue weighted by Gasteiger charge is 2.26. The number of hydrogen-bond donors (Lipinski definition) is 2. The second kappa shape index (κ2) is 8.18. The molecule has 0 aliphatic carbocycles. The zero-order valence-corrected chi connectivity index (χ0v) is 14.4. The Hall–Kier alpha value is -3.93. The summed E-state index contributed by atoms with van der Waals surface area (Å²) >= 11 is 0. The van der Waals surface area contributed by atoms with Crippen molar-refractivity contribution in [3.05, 3.63) is 72.3 Å². The van der Waals surface area contributed by atoms with Gasteiger partial charge in [-0.2, -0.15) is 0 Å². The average molecular weight is 390 g/mol. The van der Waals surface area contributed by atoms with Crippen LogP contribution in [-0.4, -0.2) is 38.4 Å². The average Bonchev–Trinajstić information content (AvgIpc) is 2.64. The van der Waals surface area contributed by atoms with Crippen LogP contribution in [0.25, 0.3) is 11.1 Å². The first-order valence-electron chi connectivity index (χ1n) is 7.79. The molecule has 2 aromatic carbocycles. The lowest BCUT2D eigenvalue weighted by Gasteiger charge is -2.09. The molecule has 0 bridgehead atoms. The summed E-state index contributed by atoms with van der Waals surface area (Å²) in [7, 11) is 0. The van der Waals surface area contributed by atoms with Gasteiger partial charge in [0, 0.05) is 24.2 Å². The van der Waals surface area contributed by atoms with E-state index in [1.54, 1.807) is 0 Å². The fraction of sp³-hybridized carbons (Fsp3) is 0.188. The van der Waals surface area contributed by atoms with E-state index in [4.69, 9.17) is 0 Å². The van der Waals surface area contributed by atoms with Crippen LogP contribution in [0.15, 0.2) is 36.4 Å². The molecule has 0 spiro atoms. The Kier molecular flexibility index (Phi) is 5.95. The molecule has 0 radical (unpaired) electrons. The third kappa shape index (κ3) is 4.42. The van der Waals surface area contributed by atoms with Crippen molar-refractivity contribution < 1.29 is 24.7 Å². The predicted molar refractivity (Wildman–Crippen MR) is 95.9 cm³/mol. The smallest absolute Gasteiger partial charge is 0.284 e. The fourth-order valence-electron chi connectivity index (χ4n) is 2.41. The molecule has 28 heavy (non-hydrogen) atoms. The van der Waals surface area contributed by atoms with Crippen molar-refractivity contribution in [1.82, 2.24) is 5.32 Å². The number of non-ortho nitro benzene ring substituents is 1. The number of aliphatic hydroxyl groups excluding tert-OH is 1. The van der Waals surface area contributed by atoms with E-state index < -0.39 is 43.8 Å². The fourth-order valence-corrected chi connectivity index (χ4v) is 2.41. The number of nitro benzene ring substituents is 3. The lowest BCUT2D eigenvalue weighted by molar-refractivity contribution is -0.394. The monoisotopic (exact) mass is 390 g/mol. The van der Waals surface area contributed by atoms with Crippen molar-refractivity contribution in [1.29, 1.82) is 0 Å². The van der Waals surface area contributed by atoms with Gasteiger partial charge in [0.2, 0.25) is 0 Å². The lowest BCUT2D eigenvalue weighted by atomic mass is 9.99. The van der Waals surface area contributed by atoms with Crippen LogP contribution in [0, 0.1) is 30.3 Å². The zero-order valence-electron chi connectivity index (χ0n) is 14.4. The maximum absolute atomic E-state index is 12.0. The Morgan fingerprint density at radius 1 is 0.964 bits per heavy atom. The molecule has 1 atom stereocenters. The third-order valence-corrected chi connectivity index (χ3v) is 3.69. The summed E-state index contributed by atoms with van der Waals surface area (Å²) in [6, 6.07) is 6.08. The van der Waals surface area contributed by atoms with Crippen molar-refractivity contribution >= 4 is 23.0 Å². The van der Waals surface area contributed by atoms with Crippen LogP contribution in [0.5, 0.6) is 0 Å². The Morgan fingerprint density at radius 2 is 1.50 bits per heavy atom. The summed E-state index contributed by atoms with van der Waals surface area (Å²) in [5.74, 6) is -0.672. The molecule has 1 amide bonds. The Balaban J connectivity index is 2.57. The van der Waals surface area contributed by atoms with Crippen LogP contribution in [0.2, 0.25) is 0 Å². The molecule has 0 aliphatic rings. The number of carbonyl (C=O) groups excluding carboxylic acids is 1. The highest BCUT2D eigenvalue weighted by molar-refractivity contribution is 5.96. The number of rotatable bonds is 7. The van der Waals surface area contributed by atoms with E-state index in [2.05, 4.69) is 5.32 Å². The Morgan fingerprint density at radius 3 is 2.00 bits per heavy atom. The molecular formula is C16H14N4O8. The molecule has 0 fully saturated rings. The van der Waals surface area contributed by atoms with Gasteiger partial charge >= 0.3 is 0 Å². The van der Waals surface area contributed by atoms with Crippen molar-refractivity contribution in [3.63, 3.8) is 0 Å². The topological polar surface area (TPSA) is 179 Å². The Labute approximate surface area is 156 Å². The minimum Gasteiger partial charge on any atom is -0.392 e. The highest BCUT2D eigenvalue weighted by Crippen LogP contribution is 2.38. The number of carbonyl (C=O) groups is 1. The lowest BCUT2D eigenvalue weighted by Crippen LogP contribution is -2.30. The van der Waals surface area contributed by atoms with Crippen LogP contribution in [0.3, 0.4) is 0 Å². The quantitative estimate of drug-likeness (QED) is 0.533. The normalized spacial score (nSPS) is 11.5. The van der Waals surface area contributed by atoms with Gasteiger partial charge in [0.25, 0.3) is 23.0 Å². The molecule has 0 aliphatic heterocycles. The maximum Gasteiger partial charge on any atom is 0.284 e. The van der Waals surface area contributed by atoms with Crippen molar-refractivity contribution in [2.45, 2.75) is 13.0 Å². The van der Waals surface area contributed by atoms with Gasteiger partial charge in [-0.25, -0.2) is 0 Å². The number of nitrogens with one attached hydrogen (secondary N) is 1. The minimum absolute atomic E-state index is 0.0673. The largest absolute Gasteiger partial charge is 0.392 e. The van der Waals surface area contributed by atoms with E-state index >= 15 is 0 Å². The molecule has 146 valence electrons. The van der Waals surface area contributed by atoms with Gasteiger partial charge in [-0.1, -0.05) is 0 Å². The van der Waals surface area contributed by atoms with E-state index in [9.17, 15) is 40.2 Å². The summed E-state index contributed by atoms with van der Waals surface area (Å²) < 4.78 is 0. The van der Waals surface area contributed by atoms with E-state index in [1.165, 1.54) is 13.0 Å². The van der Waals surface area contributed by atoms with Gasteiger partial charge in [-0.05, 0) is 25.1 Å². The van der Waals surface area contributed by atoms with Gasteiger partial charge in [-0.15, -0.1) is 0 Å². The van der Waals surface area contributed by atoms with E-state index in [-0.39, 0.29) is 23.2 Å². The van der Waals surface area contributed by atoms with Crippen molar-refractivity contribution in [2.75, 3.05) is 6.54 Å². The first-order valence-corrected chi connectivity index (χ1v) is 7.79. The summed E-state index contributed by atoms with van der Waals surface area (Å²) in [6.45, 7) is 1.38. The molecule has 12 heteroatoms. The molecule has 0 heterocycles. The second-order valence-corrected chi connectivity index (χ2v) is 5.76. The van der Waals surface area contributed by atoms with Gasteiger partial charge < -0.3 is 10.4 Å². The van der Waals surface area contributed by atoms with E-state index in [0.717, 1.165) is 24.3 Å². The predicted octanol–water partition coefficient (Wildman–Crippen LogP) is 2.19. The third-order valence-electron chi connectivity index (χ3n) is 3.69. The molecule has 0 unspecified atom stereocenters. The first kappa shape index (κ1) is 20.4. The van der Waals surface area contributed by atoms with Crippen LogP contribution in [0.1, 0.15) is 17.3 Å². The Bertz CT molecular complexity index is 973. The van der Waals surface area contributed by atoms with Crippen molar-refractivity contribution in [2.24, 2.45) is 0 Å². The summed E-state index contributed by atoms with van der Waals surface area (Å²) in [4.78, 5) is 43.1. The minimum atomic E-state index is -0.880. The molecule has 2 rings (SSSR count). The van der Waals surface area contributed by atoms with E-state index in [1.807, 2.05) is 0 Å². The SMILES string of the molecule is C[C@H](O)CNC(=O)c1ccc(-c2ccc([N+](=O)[O-])cc2[N+](=O)[O-])c([N+](=O)[O-])c1. The molecule has 2 aromatic rings. The molecular weight excluding hydrogens is 376 g/mol. The second-order valence-electron chi connectivity index (χ2n) is 5.76. The molecule has 0 saturated heterocycles. The van der Waals surface area contributed by atoms with Gasteiger partial charge in [0.05, 0.1) is 38.1 Å². The van der Waals surface area contributed by atoms with Crippen molar-refractivity contribution in [3.8, 4) is 11.1 Å². The summed E-state index contributed by atoms with van der Waals surface area (Å²) in [6.07, 6.45) is -0.819. The first-order chi connectivity index (χ1) is 13.1. The molecule has 2 N–H and O–H groups in total. The number of amides is 1. The van der Waals surface area contributed by atoms with Crippen LogP contribution in [-0.2, 0) is 0 Å².